The van der Waals surface area contributed by atoms with E-state index in [-0.39, 0.29) is 0 Å². The van der Waals surface area contributed by atoms with E-state index >= 15 is 0 Å². The Labute approximate surface area is 107 Å². The summed E-state index contributed by atoms with van der Waals surface area (Å²) in [4.78, 5) is 0.821. The SMILES string of the molecule is O=S1c2cccc(Cl)c2CN1c1ccccc1. The van der Waals surface area contributed by atoms with Crippen molar-refractivity contribution < 1.29 is 4.21 Å². The summed E-state index contributed by atoms with van der Waals surface area (Å²) in [7, 11) is -1.15. The molecule has 0 radical (unpaired) electrons. The number of anilines is 1. The fraction of sp³-hybridized carbons (Fsp3) is 0.0769. The van der Waals surface area contributed by atoms with E-state index in [4.69, 9.17) is 11.6 Å². The highest BCUT2D eigenvalue weighted by Crippen LogP contribution is 2.35. The molecule has 0 saturated heterocycles. The van der Waals surface area contributed by atoms with Gasteiger partial charge in [-0.1, -0.05) is 35.9 Å². The molecular weight excluding hydrogens is 254 g/mol. The van der Waals surface area contributed by atoms with E-state index < -0.39 is 11.0 Å². The Morgan fingerprint density at radius 2 is 1.82 bits per heavy atom. The molecule has 1 aliphatic heterocycles. The highest BCUT2D eigenvalue weighted by atomic mass is 35.5. The molecule has 86 valence electrons. The van der Waals surface area contributed by atoms with Gasteiger partial charge in [-0.25, -0.2) is 4.21 Å². The minimum absolute atomic E-state index is 0.603. The van der Waals surface area contributed by atoms with Gasteiger partial charge in [0.25, 0.3) is 0 Å². The quantitative estimate of drug-likeness (QED) is 0.772. The van der Waals surface area contributed by atoms with Gasteiger partial charge in [0.05, 0.1) is 11.4 Å². The zero-order valence-corrected chi connectivity index (χ0v) is 10.5. The fourth-order valence-electron chi connectivity index (χ4n) is 1.96. The molecule has 4 heteroatoms. The first-order valence-electron chi connectivity index (χ1n) is 5.29. The Kier molecular flexibility index (Phi) is 2.65. The number of fused-ring (bicyclic) bond motifs is 1. The average molecular weight is 264 g/mol. The maximum atomic E-state index is 12.3. The summed E-state index contributed by atoms with van der Waals surface area (Å²) < 4.78 is 14.2. The zero-order valence-electron chi connectivity index (χ0n) is 8.97. The van der Waals surface area contributed by atoms with Crippen LogP contribution in [-0.2, 0) is 17.5 Å². The molecule has 1 atom stereocenters. The van der Waals surface area contributed by atoms with Crippen LogP contribution in [0.4, 0.5) is 5.69 Å². The predicted molar refractivity (Wildman–Crippen MR) is 70.5 cm³/mol. The van der Waals surface area contributed by atoms with Crippen LogP contribution >= 0.6 is 11.6 Å². The van der Waals surface area contributed by atoms with E-state index in [1.807, 2.05) is 52.8 Å². The third-order valence-electron chi connectivity index (χ3n) is 2.81. The smallest absolute Gasteiger partial charge is 0.153 e. The van der Waals surface area contributed by atoms with Gasteiger partial charge in [0.2, 0.25) is 0 Å². The van der Waals surface area contributed by atoms with Crippen LogP contribution in [0.5, 0.6) is 0 Å². The van der Waals surface area contributed by atoms with E-state index in [0.29, 0.717) is 11.6 Å². The van der Waals surface area contributed by atoms with Crippen LogP contribution in [0.1, 0.15) is 5.56 Å². The lowest BCUT2D eigenvalue weighted by Crippen LogP contribution is -2.17. The molecule has 0 fully saturated rings. The summed E-state index contributed by atoms with van der Waals surface area (Å²) in [5, 5.41) is 0.689. The van der Waals surface area contributed by atoms with Crippen molar-refractivity contribution in [3.05, 3.63) is 59.1 Å². The van der Waals surface area contributed by atoms with Crippen LogP contribution in [0, 0.1) is 0 Å². The van der Waals surface area contributed by atoms with Gasteiger partial charge in [-0.05, 0) is 24.3 Å². The average Bonchev–Trinajstić information content (AvgIpc) is 2.70. The van der Waals surface area contributed by atoms with Gasteiger partial charge >= 0.3 is 0 Å². The molecule has 3 rings (SSSR count). The van der Waals surface area contributed by atoms with Crippen LogP contribution in [0.3, 0.4) is 0 Å². The van der Waals surface area contributed by atoms with Crippen LogP contribution in [0.2, 0.25) is 5.02 Å². The Bertz CT molecular complexity index is 585. The summed E-state index contributed by atoms with van der Waals surface area (Å²) >= 11 is 6.13. The normalized spacial score (nSPS) is 18.2. The Morgan fingerprint density at radius 1 is 1.06 bits per heavy atom. The molecule has 0 aromatic heterocycles. The van der Waals surface area contributed by atoms with E-state index in [2.05, 4.69) is 0 Å². The van der Waals surface area contributed by atoms with Gasteiger partial charge in [0, 0.05) is 16.3 Å². The molecule has 1 aliphatic rings. The monoisotopic (exact) mass is 263 g/mol. The molecule has 0 saturated carbocycles. The number of benzene rings is 2. The largest absolute Gasteiger partial charge is 0.283 e. The zero-order chi connectivity index (χ0) is 11.8. The standard InChI is InChI=1S/C13H10ClNOS/c14-12-7-4-8-13-11(12)9-15(17(13)16)10-5-2-1-3-6-10/h1-8H,9H2. The fourth-order valence-corrected chi connectivity index (χ4v) is 3.63. The van der Waals surface area contributed by atoms with Crippen LogP contribution in [-0.4, -0.2) is 4.21 Å². The minimum atomic E-state index is -1.15. The van der Waals surface area contributed by atoms with E-state index in [9.17, 15) is 4.21 Å². The molecule has 2 aromatic rings. The number of nitrogens with zero attached hydrogens (tertiary/aromatic N) is 1. The molecule has 0 bridgehead atoms. The topological polar surface area (TPSA) is 20.3 Å². The summed E-state index contributed by atoms with van der Waals surface area (Å²) in [6.45, 7) is 0.603. The first kappa shape index (κ1) is 10.8. The molecule has 0 N–H and O–H groups in total. The van der Waals surface area contributed by atoms with Crippen molar-refractivity contribution in [2.75, 3.05) is 4.31 Å². The van der Waals surface area contributed by atoms with Crippen molar-refractivity contribution in [3.8, 4) is 0 Å². The van der Waals surface area contributed by atoms with Crippen molar-refractivity contribution in [2.45, 2.75) is 11.4 Å². The minimum Gasteiger partial charge on any atom is -0.283 e. The maximum absolute atomic E-state index is 12.3. The molecule has 0 aliphatic carbocycles. The Morgan fingerprint density at radius 3 is 2.53 bits per heavy atom. The summed E-state index contributed by atoms with van der Waals surface area (Å²) in [6, 6.07) is 15.3. The molecule has 1 heterocycles. The molecule has 17 heavy (non-hydrogen) atoms. The lowest BCUT2D eigenvalue weighted by Gasteiger charge is -2.15. The maximum Gasteiger partial charge on any atom is 0.153 e. The van der Waals surface area contributed by atoms with Gasteiger partial charge in [0.1, 0.15) is 0 Å². The van der Waals surface area contributed by atoms with Crippen LogP contribution in [0.25, 0.3) is 0 Å². The summed E-state index contributed by atoms with van der Waals surface area (Å²) in [6.07, 6.45) is 0. The van der Waals surface area contributed by atoms with Crippen molar-refractivity contribution >= 4 is 28.3 Å². The van der Waals surface area contributed by atoms with E-state index in [1.165, 1.54) is 0 Å². The highest BCUT2D eigenvalue weighted by Gasteiger charge is 2.28. The number of hydrogen-bond donors (Lipinski definition) is 0. The molecular formula is C13H10ClNOS. The van der Waals surface area contributed by atoms with Gasteiger partial charge in [-0.3, -0.25) is 4.31 Å². The van der Waals surface area contributed by atoms with Gasteiger partial charge in [0.15, 0.2) is 11.0 Å². The second-order valence-electron chi connectivity index (χ2n) is 3.84. The summed E-state index contributed by atoms with van der Waals surface area (Å²) in [5.41, 5.74) is 1.93. The number of halogens is 1. The van der Waals surface area contributed by atoms with Gasteiger partial charge in [-0.2, -0.15) is 0 Å². The van der Waals surface area contributed by atoms with Crippen LogP contribution in [0.15, 0.2) is 53.4 Å². The van der Waals surface area contributed by atoms with Gasteiger partial charge < -0.3 is 0 Å². The van der Waals surface area contributed by atoms with E-state index in [0.717, 1.165) is 16.1 Å². The van der Waals surface area contributed by atoms with Crippen molar-refractivity contribution in [3.63, 3.8) is 0 Å². The third-order valence-corrected chi connectivity index (χ3v) is 4.66. The molecule has 2 nitrogen and oxygen atoms in total. The molecule has 2 aromatic carbocycles. The van der Waals surface area contributed by atoms with Crippen LogP contribution < -0.4 is 4.31 Å². The predicted octanol–water partition coefficient (Wildman–Crippen LogP) is 3.38. The van der Waals surface area contributed by atoms with Crippen molar-refractivity contribution in [2.24, 2.45) is 0 Å². The number of para-hydroxylation sites is 1. The first-order chi connectivity index (χ1) is 8.27. The second-order valence-corrected chi connectivity index (χ2v) is 5.62. The molecule has 0 amide bonds. The highest BCUT2D eigenvalue weighted by molar-refractivity contribution is 7.86. The van der Waals surface area contributed by atoms with Crippen molar-refractivity contribution in [1.29, 1.82) is 0 Å². The first-order valence-corrected chi connectivity index (χ1v) is 6.78. The van der Waals surface area contributed by atoms with Gasteiger partial charge in [-0.15, -0.1) is 0 Å². The second kappa shape index (κ2) is 4.17. The Balaban J connectivity index is 2.05. The number of hydrogen-bond acceptors (Lipinski definition) is 1. The molecule has 1 unspecified atom stereocenters. The third kappa shape index (κ3) is 1.75. The van der Waals surface area contributed by atoms with Crippen molar-refractivity contribution in [1.82, 2.24) is 0 Å². The molecule has 0 spiro atoms. The Hall–Kier alpha value is -1.32. The lowest BCUT2D eigenvalue weighted by molar-refractivity contribution is 0.683. The lowest BCUT2D eigenvalue weighted by atomic mass is 10.2. The summed E-state index contributed by atoms with van der Waals surface area (Å²) in [5.74, 6) is 0. The number of rotatable bonds is 1. The van der Waals surface area contributed by atoms with E-state index in [1.54, 1.807) is 0 Å².